The van der Waals surface area contributed by atoms with Crippen LogP contribution in [0.4, 0.5) is 0 Å². The Hall–Kier alpha value is -1.47. The lowest BCUT2D eigenvalue weighted by atomic mass is 10.4. The zero-order valence-corrected chi connectivity index (χ0v) is 7.55. The molecular weight excluding hydrogens is 188 g/mol. The summed E-state index contributed by atoms with van der Waals surface area (Å²) in [4.78, 5) is 16.5. The van der Waals surface area contributed by atoms with E-state index in [1.807, 2.05) is 0 Å². The molecule has 0 unspecified atom stereocenters. The minimum atomic E-state index is -0.384. The summed E-state index contributed by atoms with van der Waals surface area (Å²) in [5.41, 5.74) is 0. The molecule has 0 saturated carbocycles. The van der Waals surface area contributed by atoms with E-state index < -0.39 is 0 Å². The van der Waals surface area contributed by atoms with E-state index in [2.05, 4.69) is 15.2 Å². The highest BCUT2D eigenvalue weighted by atomic mass is 16.3. The van der Waals surface area contributed by atoms with E-state index in [0.717, 1.165) is 0 Å². The molecule has 14 heavy (non-hydrogen) atoms. The van der Waals surface area contributed by atoms with E-state index in [1.165, 1.54) is 11.2 Å². The molecule has 1 rings (SSSR count). The predicted octanol–water partition coefficient (Wildman–Crippen LogP) is -1.77. The first-order valence-electron chi connectivity index (χ1n) is 4.16. The second-order valence-corrected chi connectivity index (χ2v) is 2.57. The van der Waals surface area contributed by atoms with Gasteiger partial charge in [-0.1, -0.05) is 0 Å². The Labute approximate surface area is 80.4 Å². The number of aromatic nitrogens is 3. The van der Waals surface area contributed by atoms with Crippen LogP contribution >= 0.6 is 0 Å². The molecule has 0 bridgehead atoms. The molecule has 3 N–H and O–H groups in total. The van der Waals surface area contributed by atoms with Gasteiger partial charge in [-0.2, -0.15) is 5.10 Å². The number of nitrogens with one attached hydrogen (secondary N) is 1. The van der Waals surface area contributed by atoms with Crippen LogP contribution in [0.2, 0.25) is 0 Å². The van der Waals surface area contributed by atoms with Crippen LogP contribution in [0.3, 0.4) is 0 Å². The maximum absolute atomic E-state index is 11.6. The van der Waals surface area contributed by atoms with Gasteiger partial charge in [-0.05, 0) is 0 Å². The fourth-order valence-electron chi connectivity index (χ4n) is 1.01. The molecule has 0 atom stereocenters. The molecule has 0 radical (unpaired) electrons. The van der Waals surface area contributed by atoms with Gasteiger partial charge in [0.25, 0.3) is 5.91 Å². The molecule has 0 aromatic carbocycles. The Bertz CT molecular complexity index is 268. The summed E-state index contributed by atoms with van der Waals surface area (Å²) >= 11 is 0. The summed E-state index contributed by atoms with van der Waals surface area (Å²) in [6, 6.07) is 0. The van der Waals surface area contributed by atoms with Gasteiger partial charge < -0.3 is 15.1 Å². The number of aliphatic hydroxyl groups is 2. The third-order valence-corrected chi connectivity index (χ3v) is 1.64. The normalized spacial score (nSPS) is 10.1. The molecule has 0 aliphatic rings. The number of aromatic amines is 1. The lowest BCUT2D eigenvalue weighted by molar-refractivity contribution is 0.0673. The summed E-state index contributed by atoms with van der Waals surface area (Å²) < 4.78 is 0. The van der Waals surface area contributed by atoms with Crippen LogP contribution in [0, 0.1) is 0 Å². The van der Waals surface area contributed by atoms with Crippen molar-refractivity contribution in [3.05, 3.63) is 12.2 Å². The highest BCUT2D eigenvalue weighted by molar-refractivity contribution is 5.90. The van der Waals surface area contributed by atoms with Crippen molar-refractivity contribution in [3.8, 4) is 0 Å². The minimum Gasteiger partial charge on any atom is -0.395 e. The number of hydrogen-bond acceptors (Lipinski definition) is 5. The lowest BCUT2D eigenvalue weighted by Gasteiger charge is -2.18. The maximum Gasteiger partial charge on any atom is 0.291 e. The SMILES string of the molecule is O=C(c1ncn[nH]1)N(CCO)CCO. The number of hydrogen-bond donors (Lipinski definition) is 3. The van der Waals surface area contributed by atoms with Gasteiger partial charge in [0.15, 0.2) is 0 Å². The smallest absolute Gasteiger partial charge is 0.291 e. The van der Waals surface area contributed by atoms with Crippen molar-refractivity contribution in [2.45, 2.75) is 0 Å². The van der Waals surface area contributed by atoms with E-state index >= 15 is 0 Å². The molecule has 0 aliphatic heterocycles. The van der Waals surface area contributed by atoms with E-state index in [-0.39, 0.29) is 38.0 Å². The summed E-state index contributed by atoms with van der Waals surface area (Å²) in [6.07, 6.45) is 1.23. The van der Waals surface area contributed by atoms with Gasteiger partial charge in [0.1, 0.15) is 6.33 Å². The Kier molecular flexibility index (Phi) is 4.02. The Morgan fingerprint density at radius 1 is 1.43 bits per heavy atom. The van der Waals surface area contributed by atoms with Gasteiger partial charge in [-0.15, -0.1) is 0 Å². The lowest BCUT2D eigenvalue weighted by Crippen LogP contribution is -2.36. The van der Waals surface area contributed by atoms with E-state index in [0.29, 0.717) is 0 Å². The van der Waals surface area contributed by atoms with Crippen molar-refractivity contribution < 1.29 is 15.0 Å². The number of carbonyl (C=O) groups is 1. The highest BCUT2D eigenvalue weighted by Crippen LogP contribution is 1.96. The zero-order valence-electron chi connectivity index (χ0n) is 7.55. The molecule has 1 amide bonds. The van der Waals surface area contributed by atoms with Gasteiger partial charge >= 0.3 is 0 Å². The summed E-state index contributed by atoms with van der Waals surface area (Å²) in [5, 5.41) is 23.3. The molecule has 1 heterocycles. The van der Waals surface area contributed by atoms with Gasteiger partial charge in [0, 0.05) is 13.1 Å². The van der Waals surface area contributed by atoms with Crippen molar-refractivity contribution >= 4 is 5.91 Å². The van der Waals surface area contributed by atoms with Crippen molar-refractivity contribution in [3.63, 3.8) is 0 Å². The average molecular weight is 200 g/mol. The Morgan fingerprint density at radius 3 is 2.50 bits per heavy atom. The van der Waals surface area contributed by atoms with Crippen LogP contribution in [0.5, 0.6) is 0 Å². The molecule has 1 aromatic rings. The second-order valence-electron chi connectivity index (χ2n) is 2.57. The number of carbonyl (C=O) groups excluding carboxylic acids is 1. The van der Waals surface area contributed by atoms with Crippen LogP contribution in [0.25, 0.3) is 0 Å². The summed E-state index contributed by atoms with van der Waals surface area (Å²) in [6.45, 7) is 0.0277. The van der Waals surface area contributed by atoms with Crippen LogP contribution in [-0.4, -0.2) is 62.5 Å². The van der Waals surface area contributed by atoms with Crippen LogP contribution < -0.4 is 0 Å². The predicted molar refractivity (Wildman–Crippen MR) is 46.5 cm³/mol. The third-order valence-electron chi connectivity index (χ3n) is 1.64. The molecule has 0 aliphatic carbocycles. The number of amides is 1. The highest BCUT2D eigenvalue weighted by Gasteiger charge is 2.16. The first-order chi connectivity index (χ1) is 6.79. The van der Waals surface area contributed by atoms with Gasteiger partial charge in [0.05, 0.1) is 13.2 Å². The van der Waals surface area contributed by atoms with E-state index in [4.69, 9.17) is 10.2 Å². The molecule has 0 spiro atoms. The fourth-order valence-corrected chi connectivity index (χ4v) is 1.01. The largest absolute Gasteiger partial charge is 0.395 e. The zero-order chi connectivity index (χ0) is 10.4. The number of rotatable bonds is 5. The first kappa shape index (κ1) is 10.6. The molecule has 0 saturated heterocycles. The second kappa shape index (κ2) is 5.30. The topological polar surface area (TPSA) is 102 Å². The monoisotopic (exact) mass is 200 g/mol. The van der Waals surface area contributed by atoms with E-state index in [1.54, 1.807) is 0 Å². The van der Waals surface area contributed by atoms with E-state index in [9.17, 15) is 4.79 Å². The molecular formula is C7H12N4O3. The fraction of sp³-hybridized carbons (Fsp3) is 0.571. The van der Waals surface area contributed by atoms with Crippen LogP contribution in [0.1, 0.15) is 10.6 Å². The van der Waals surface area contributed by atoms with Gasteiger partial charge in [-0.3, -0.25) is 9.89 Å². The molecule has 1 aromatic heterocycles. The van der Waals surface area contributed by atoms with Crippen molar-refractivity contribution in [1.29, 1.82) is 0 Å². The van der Waals surface area contributed by atoms with Crippen LogP contribution in [0.15, 0.2) is 6.33 Å². The third kappa shape index (κ3) is 2.51. The molecule has 0 fully saturated rings. The van der Waals surface area contributed by atoms with Gasteiger partial charge in [-0.25, -0.2) is 4.98 Å². The molecule has 7 heteroatoms. The molecule has 7 nitrogen and oxygen atoms in total. The van der Waals surface area contributed by atoms with Crippen molar-refractivity contribution in [2.24, 2.45) is 0 Å². The quantitative estimate of drug-likeness (QED) is 0.522. The van der Waals surface area contributed by atoms with Crippen molar-refractivity contribution in [1.82, 2.24) is 20.1 Å². The maximum atomic E-state index is 11.6. The average Bonchev–Trinajstić information content (AvgIpc) is 2.69. The summed E-state index contributed by atoms with van der Waals surface area (Å²) in [5.74, 6) is -0.280. The number of nitrogens with zero attached hydrogens (tertiary/aromatic N) is 3. The van der Waals surface area contributed by atoms with Gasteiger partial charge in [0.2, 0.25) is 5.82 Å². The number of H-pyrrole nitrogens is 1. The molecule has 78 valence electrons. The Balaban J connectivity index is 2.63. The van der Waals surface area contributed by atoms with Crippen molar-refractivity contribution in [2.75, 3.05) is 26.3 Å². The standard InChI is InChI=1S/C7H12N4O3/c12-3-1-11(2-4-13)7(14)6-8-5-9-10-6/h5,12-13H,1-4H2,(H,8,9,10). The first-order valence-corrected chi connectivity index (χ1v) is 4.16. The summed E-state index contributed by atoms with van der Waals surface area (Å²) in [7, 11) is 0. The van der Waals surface area contributed by atoms with Crippen LogP contribution in [-0.2, 0) is 0 Å². The number of aliphatic hydroxyl groups excluding tert-OH is 2. The minimum absolute atomic E-state index is 0.104. The Morgan fingerprint density at radius 2 is 2.07 bits per heavy atom.